The number of thiophene rings is 1. The van der Waals surface area contributed by atoms with Crippen molar-refractivity contribution in [3.05, 3.63) is 324 Å². The van der Waals surface area contributed by atoms with Crippen molar-refractivity contribution in [2.75, 3.05) is 0 Å². The van der Waals surface area contributed by atoms with Gasteiger partial charge in [0.1, 0.15) is 59.6 Å². The molecule has 129 heavy (non-hydrogen) atoms. The first-order chi connectivity index (χ1) is 60.5. The fourth-order valence-corrected chi connectivity index (χ4v) is 12.6. The normalized spacial score (nSPS) is 11.7. The summed E-state index contributed by atoms with van der Waals surface area (Å²) in [6.45, 7) is 58.4. The Morgan fingerprint density at radius 1 is 0.287 bits per heavy atom. The number of hydrogen-bond acceptors (Lipinski definition) is 18. The van der Waals surface area contributed by atoms with E-state index in [0.717, 1.165) is 105 Å². The maximum Gasteiger partial charge on any atom is 0.191 e. The lowest BCUT2D eigenvalue weighted by atomic mass is 9.95. The quantitative estimate of drug-likeness (QED) is 0.123. The number of benzene rings is 5. The van der Waals surface area contributed by atoms with Gasteiger partial charge in [0, 0.05) is 74.2 Å². The van der Waals surface area contributed by atoms with E-state index in [1.165, 1.54) is 51.2 Å². The molecule has 16 rings (SSSR count). The maximum absolute atomic E-state index is 13.8. The van der Waals surface area contributed by atoms with Gasteiger partial charge in [-0.05, 0) is 141 Å². The van der Waals surface area contributed by atoms with E-state index in [2.05, 4.69) is 247 Å². The molecule has 0 aliphatic heterocycles. The fraction of sp³-hybridized carbons (Fsp3) is 0.376. The van der Waals surface area contributed by atoms with Crippen LogP contribution in [0.3, 0.4) is 0 Å². The van der Waals surface area contributed by atoms with Gasteiger partial charge in [0.05, 0.1) is 33.3 Å². The van der Waals surface area contributed by atoms with E-state index in [9.17, 15) is 13.2 Å². The SMILES string of the molecule is CC(C)(C)c1ccc(-c2ccccn2)s1.CC(C)(C)c1ncn(-c2ccccc2)n1.CC(C)(C)c1ncn(-c2ccccn2)n1.CC(C)(C)c1ncn(-c2ncccc2F)n1.CCc1nc(C(C)(C)C)nn1-c1ccccc1.CCc1nc(C(C)(C)C)nn1-c1ccccc1F.Cc1nc(C(C)(C)C)nn1-c1ccc(F)cc1.Cc1nc(C(C)(C)C)nn1-c1ccccc1. The highest BCUT2D eigenvalue weighted by Crippen LogP contribution is 2.35. The second-order valence-electron chi connectivity index (χ2n) is 38.9. The first kappa shape index (κ1) is 99.8. The molecule has 11 aromatic heterocycles. The van der Waals surface area contributed by atoms with Gasteiger partial charge in [-0.1, -0.05) is 259 Å². The van der Waals surface area contributed by atoms with Crippen molar-refractivity contribution in [2.24, 2.45) is 0 Å². The number of aromatic nitrogens is 24. The van der Waals surface area contributed by atoms with E-state index < -0.39 is 5.82 Å². The van der Waals surface area contributed by atoms with Crippen LogP contribution in [0.4, 0.5) is 13.2 Å². The number of halogens is 3. The zero-order chi connectivity index (χ0) is 94.6. The standard InChI is InChI=1S/C14H18FN3.C14H19N3.C13H16FN3.C13H17N3.C13H15NS.C12H15N3.C11H13FN4.C11H14N4/c1-5-12-16-13(14(2,3)4)17-18(12)11-9-7-6-8-10(11)15;1-5-12-15-13(14(2,3)4)16-17(12)11-9-7-6-8-10-11;1-9-15-12(13(2,3)4)16-17(9)11-7-5-10(14)6-8-11;1-10-14-12(13(2,3)4)15-16(10)11-8-6-5-7-9-11;1-13(2,3)12-8-7-11(15-12)10-6-4-5-9-14-10;1-12(2,3)11-13-9-15(14-11)10-7-5-4-6-8-10;1-11(2,3)10-14-7-16(15-10)9-8(12)5-4-6-13-9;1-11(2,3)10-13-8-15(14-10)9-6-4-5-7-12-9/h6-9H,5H2,1-4H3;6-10H,5H2,1-4H3;5-8H,1-4H3;5-9H,1-4H3;2*4-9H,1-3H3;4-7H,1-3H3;4-8H,1-3H3. The van der Waals surface area contributed by atoms with Crippen LogP contribution in [-0.4, -0.2) is 118 Å². The van der Waals surface area contributed by atoms with Gasteiger partial charge in [-0.3, -0.25) is 4.98 Å². The van der Waals surface area contributed by atoms with E-state index in [0.29, 0.717) is 11.5 Å². The minimum atomic E-state index is -0.409. The molecule has 5 aromatic carbocycles. The summed E-state index contributed by atoms with van der Waals surface area (Å²) in [6, 6.07) is 62.1. The molecule has 678 valence electrons. The highest BCUT2D eigenvalue weighted by molar-refractivity contribution is 7.15. The van der Waals surface area contributed by atoms with Gasteiger partial charge in [-0.15, -0.1) is 21.5 Å². The highest BCUT2D eigenvalue weighted by Gasteiger charge is 2.28. The van der Waals surface area contributed by atoms with Gasteiger partial charge in [0.25, 0.3) is 0 Å². The monoisotopic (exact) mass is 1770 g/mol. The molecule has 11 heterocycles. The summed E-state index contributed by atoms with van der Waals surface area (Å²) in [5, 5.41) is 31.2. The predicted molar refractivity (Wildman–Crippen MR) is 510 cm³/mol. The van der Waals surface area contributed by atoms with Gasteiger partial charge in [0.15, 0.2) is 58.2 Å². The number of rotatable bonds is 10. The second-order valence-corrected chi connectivity index (χ2v) is 40.0. The summed E-state index contributed by atoms with van der Waals surface area (Å²) in [5.41, 5.74) is 5.33. The van der Waals surface area contributed by atoms with Crippen LogP contribution in [-0.2, 0) is 56.2 Å². The lowest BCUT2D eigenvalue weighted by Gasteiger charge is -2.15. The maximum atomic E-state index is 13.8. The van der Waals surface area contributed by atoms with E-state index in [4.69, 9.17) is 0 Å². The van der Waals surface area contributed by atoms with Crippen molar-refractivity contribution in [3.8, 4) is 50.6 Å². The van der Waals surface area contributed by atoms with E-state index >= 15 is 0 Å². The van der Waals surface area contributed by atoms with Crippen LogP contribution >= 0.6 is 11.3 Å². The first-order valence-corrected chi connectivity index (χ1v) is 44.1. The number of para-hydroxylation sites is 4. The van der Waals surface area contributed by atoms with Gasteiger partial charge in [-0.2, -0.15) is 30.2 Å². The molecule has 0 atom stereocenters. The minimum Gasteiger partial charge on any atom is -0.255 e. The van der Waals surface area contributed by atoms with Gasteiger partial charge >= 0.3 is 0 Å². The van der Waals surface area contributed by atoms with Crippen molar-refractivity contribution in [1.82, 2.24) is 118 Å². The summed E-state index contributed by atoms with van der Waals surface area (Å²) >= 11 is 1.83. The Morgan fingerprint density at radius 2 is 0.659 bits per heavy atom. The molecule has 0 radical (unpaired) electrons. The van der Waals surface area contributed by atoms with Gasteiger partial charge in [-0.25, -0.2) is 86.1 Å². The van der Waals surface area contributed by atoms with E-state index in [1.54, 1.807) is 74.0 Å². The minimum absolute atomic E-state index is 0.0000301. The van der Waals surface area contributed by atoms with Crippen molar-refractivity contribution in [2.45, 2.75) is 250 Å². The lowest BCUT2D eigenvalue weighted by molar-refractivity contribution is 0.539. The molecule has 0 saturated heterocycles. The molecule has 0 fully saturated rings. The van der Waals surface area contributed by atoms with Gasteiger partial charge < -0.3 is 0 Å². The van der Waals surface area contributed by atoms with Crippen LogP contribution in [0.2, 0.25) is 0 Å². The van der Waals surface area contributed by atoms with Crippen LogP contribution < -0.4 is 0 Å². The molecule has 0 N–H and O–H groups in total. The Balaban J connectivity index is 0.000000166. The Morgan fingerprint density at radius 3 is 1.08 bits per heavy atom. The van der Waals surface area contributed by atoms with E-state index in [1.807, 2.05) is 198 Å². The fourth-order valence-electron chi connectivity index (χ4n) is 11.6. The predicted octanol–water partition coefficient (Wildman–Crippen LogP) is 23.0. The van der Waals surface area contributed by atoms with E-state index in [-0.39, 0.29) is 60.8 Å². The topological polar surface area (TPSA) is 254 Å². The lowest BCUT2D eigenvalue weighted by Crippen LogP contribution is -2.14. The van der Waals surface area contributed by atoms with Crippen molar-refractivity contribution in [1.29, 1.82) is 0 Å². The van der Waals surface area contributed by atoms with Crippen LogP contribution in [0.1, 0.15) is 249 Å². The third-order valence-corrected chi connectivity index (χ3v) is 20.5. The molecule has 0 spiro atoms. The summed E-state index contributed by atoms with van der Waals surface area (Å²) in [4.78, 5) is 46.0. The molecule has 0 saturated carbocycles. The molecule has 0 bridgehead atoms. The van der Waals surface area contributed by atoms with Crippen molar-refractivity contribution in [3.63, 3.8) is 0 Å². The number of nitrogens with zero attached hydrogens (tertiary/aromatic N) is 24. The molecule has 0 amide bonds. The first-order valence-electron chi connectivity index (χ1n) is 43.3. The average Bonchev–Trinajstić information content (AvgIpc) is 1.64. The summed E-state index contributed by atoms with van der Waals surface area (Å²) in [7, 11) is 0. The molecular formula is C101H127F3N24S. The molecule has 0 aliphatic carbocycles. The Labute approximate surface area is 763 Å². The third kappa shape index (κ3) is 28.5. The largest absolute Gasteiger partial charge is 0.255 e. The van der Waals surface area contributed by atoms with Crippen molar-refractivity contribution < 1.29 is 13.2 Å². The molecule has 28 heteroatoms. The summed E-state index contributed by atoms with van der Waals surface area (Å²) in [6.07, 6.45) is 11.6. The Kier molecular flexibility index (Phi) is 33.1. The number of pyridine rings is 3. The average molecular weight is 1770 g/mol. The summed E-state index contributed by atoms with van der Waals surface area (Å²) in [5.74, 6) is 9.23. The number of hydrogen-bond donors (Lipinski definition) is 0. The molecule has 0 aliphatic rings. The molecular weight excluding hydrogens is 1640 g/mol. The highest BCUT2D eigenvalue weighted by atomic mass is 32.1. The Bertz CT molecular complexity index is 5900. The van der Waals surface area contributed by atoms with Crippen LogP contribution in [0, 0.1) is 31.3 Å². The van der Waals surface area contributed by atoms with Crippen LogP contribution in [0.5, 0.6) is 0 Å². The molecule has 0 unspecified atom stereocenters. The summed E-state index contributed by atoms with van der Waals surface area (Å²) < 4.78 is 52.1. The molecule has 24 nitrogen and oxygen atoms in total. The smallest absolute Gasteiger partial charge is 0.191 e. The molecule has 16 aromatic rings. The van der Waals surface area contributed by atoms with Crippen LogP contribution in [0.15, 0.2) is 238 Å². The van der Waals surface area contributed by atoms with Crippen molar-refractivity contribution >= 4 is 11.3 Å². The third-order valence-electron chi connectivity index (χ3n) is 19.0. The zero-order valence-electron chi connectivity index (χ0n) is 80.2. The van der Waals surface area contributed by atoms with Gasteiger partial charge in [0.2, 0.25) is 0 Å². The second kappa shape index (κ2) is 42.8. The number of aryl methyl sites for hydroxylation is 4. The van der Waals surface area contributed by atoms with Crippen LogP contribution in [0.25, 0.3) is 50.6 Å². The Hall–Kier alpha value is -13.0. The zero-order valence-corrected chi connectivity index (χ0v) is 81.0.